The van der Waals surface area contributed by atoms with E-state index in [9.17, 15) is 0 Å². The van der Waals surface area contributed by atoms with Crippen molar-refractivity contribution < 1.29 is 0 Å². The Morgan fingerprint density at radius 3 is 2.92 bits per heavy atom. The normalized spacial score (nSPS) is 18.1. The number of hydrogen-bond donors (Lipinski definition) is 0. The Hall–Kier alpha value is -0.980. The van der Waals surface area contributed by atoms with Crippen LogP contribution in [0.4, 0.5) is 5.69 Å². The zero-order valence-corrected chi connectivity index (χ0v) is 8.14. The second kappa shape index (κ2) is 2.50. The minimum atomic E-state index is 1.16. The van der Waals surface area contributed by atoms with Gasteiger partial charge >= 0.3 is 0 Å². The molecule has 0 saturated carbocycles. The number of anilines is 1. The van der Waals surface area contributed by atoms with Crippen molar-refractivity contribution in [3.05, 3.63) is 28.8 Å². The lowest BCUT2D eigenvalue weighted by Gasteiger charge is -2.29. The predicted octanol–water partition coefficient (Wildman–Crippen LogP) is 2.36. The van der Waals surface area contributed by atoms with Gasteiger partial charge in [0.15, 0.2) is 0 Å². The van der Waals surface area contributed by atoms with Crippen LogP contribution in [0.1, 0.15) is 30.0 Å². The van der Waals surface area contributed by atoms with Crippen LogP contribution < -0.4 is 4.90 Å². The molecular formula is C12H15N. The molecule has 68 valence electrons. The summed E-state index contributed by atoms with van der Waals surface area (Å²) in [6.07, 6.45) is 3.88. The second-order valence-corrected chi connectivity index (χ2v) is 4.11. The molecule has 3 rings (SSSR count). The van der Waals surface area contributed by atoms with Crippen molar-refractivity contribution in [1.29, 1.82) is 0 Å². The minimum absolute atomic E-state index is 1.16. The zero-order chi connectivity index (χ0) is 8.84. The van der Waals surface area contributed by atoms with E-state index in [4.69, 9.17) is 0 Å². The van der Waals surface area contributed by atoms with Gasteiger partial charge in [0.1, 0.15) is 0 Å². The van der Waals surface area contributed by atoms with Crippen LogP contribution in [0.2, 0.25) is 0 Å². The average molecular weight is 173 g/mol. The number of benzene rings is 1. The minimum Gasteiger partial charge on any atom is -0.372 e. The summed E-state index contributed by atoms with van der Waals surface area (Å²) in [6, 6.07) is 4.83. The summed E-state index contributed by atoms with van der Waals surface area (Å²) in [4.78, 5) is 2.51. The van der Waals surface area contributed by atoms with E-state index in [0.717, 1.165) is 6.54 Å². The van der Waals surface area contributed by atoms with E-state index in [1.54, 1.807) is 16.7 Å². The van der Waals surface area contributed by atoms with Gasteiger partial charge in [-0.2, -0.15) is 0 Å². The number of fused-ring (bicyclic) bond motifs is 2. The first-order chi connectivity index (χ1) is 6.38. The highest BCUT2D eigenvalue weighted by atomic mass is 15.1. The Morgan fingerprint density at radius 1 is 1.23 bits per heavy atom. The second-order valence-electron chi connectivity index (χ2n) is 4.11. The van der Waals surface area contributed by atoms with Crippen molar-refractivity contribution in [2.75, 3.05) is 18.0 Å². The van der Waals surface area contributed by atoms with Crippen LogP contribution in [0.3, 0.4) is 0 Å². The maximum absolute atomic E-state index is 2.51. The van der Waals surface area contributed by atoms with Gasteiger partial charge in [0, 0.05) is 18.8 Å². The number of rotatable bonds is 1. The molecule has 1 nitrogen and oxygen atoms in total. The average Bonchev–Trinajstić information content (AvgIpc) is 2.91. The molecule has 0 aromatic heterocycles. The van der Waals surface area contributed by atoms with Gasteiger partial charge in [0.25, 0.3) is 0 Å². The molecule has 1 heteroatoms. The van der Waals surface area contributed by atoms with Crippen molar-refractivity contribution in [2.24, 2.45) is 0 Å². The maximum Gasteiger partial charge on any atom is 0.0401 e. The van der Waals surface area contributed by atoms with Gasteiger partial charge in [-0.1, -0.05) is 6.07 Å². The maximum atomic E-state index is 2.51. The van der Waals surface area contributed by atoms with Gasteiger partial charge in [-0.05, 0) is 48.9 Å². The molecular weight excluding hydrogens is 158 g/mol. The first-order valence-electron chi connectivity index (χ1n) is 5.28. The summed E-state index contributed by atoms with van der Waals surface area (Å²) >= 11 is 0. The lowest BCUT2D eigenvalue weighted by atomic mass is 10.0. The molecule has 0 N–H and O–H groups in total. The fourth-order valence-corrected chi connectivity index (χ4v) is 2.39. The van der Waals surface area contributed by atoms with Crippen LogP contribution in [-0.2, 0) is 12.8 Å². The highest BCUT2D eigenvalue weighted by Gasteiger charge is 2.23. The summed E-state index contributed by atoms with van der Waals surface area (Å²) in [5.41, 5.74) is 6.28. The third-order valence-corrected chi connectivity index (χ3v) is 3.25. The molecule has 0 bridgehead atoms. The summed E-state index contributed by atoms with van der Waals surface area (Å²) in [6.45, 7) is 4.66. The van der Waals surface area contributed by atoms with Gasteiger partial charge in [-0.3, -0.25) is 0 Å². The van der Waals surface area contributed by atoms with E-state index >= 15 is 0 Å². The summed E-state index contributed by atoms with van der Waals surface area (Å²) in [5.74, 6) is 0. The molecule has 0 radical (unpaired) electrons. The van der Waals surface area contributed by atoms with E-state index in [-0.39, 0.29) is 0 Å². The predicted molar refractivity (Wildman–Crippen MR) is 55.5 cm³/mol. The number of aryl methyl sites for hydroxylation is 1. The topological polar surface area (TPSA) is 3.24 Å². The highest BCUT2D eigenvalue weighted by Crippen LogP contribution is 2.37. The molecule has 0 spiro atoms. The third kappa shape index (κ3) is 1.06. The van der Waals surface area contributed by atoms with E-state index in [1.807, 2.05) is 0 Å². The Labute approximate surface area is 79.4 Å². The summed E-state index contributed by atoms with van der Waals surface area (Å²) in [5, 5.41) is 0. The smallest absolute Gasteiger partial charge is 0.0401 e. The molecule has 1 aromatic carbocycles. The first-order valence-corrected chi connectivity index (χ1v) is 5.28. The molecule has 1 aromatic rings. The van der Waals surface area contributed by atoms with Gasteiger partial charge in [0.2, 0.25) is 0 Å². The van der Waals surface area contributed by atoms with Crippen molar-refractivity contribution in [3.8, 4) is 0 Å². The molecule has 0 fully saturated rings. The van der Waals surface area contributed by atoms with Gasteiger partial charge in [-0.15, -0.1) is 0 Å². The van der Waals surface area contributed by atoms with Crippen LogP contribution in [0.25, 0.3) is 0 Å². The highest BCUT2D eigenvalue weighted by molar-refractivity contribution is 5.64. The standard InChI is InChI=1S/C12H15N/c1-2-13-5-3-4-9-6-10-7-11(10)8-12(9)13/h6,8H,2-5,7H2,1H3. The quantitative estimate of drug-likeness (QED) is 0.640. The molecule has 1 heterocycles. The molecule has 0 atom stereocenters. The van der Waals surface area contributed by atoms with E-state index in [0.29, 0.717) is 0 Å². The Bertz CT molecular complexity index is 354. The van der Waals surface area contributed by atoms with E-state index in [2.05, 4.69) is 24.0 Å². The van der Waals surface area contributed by atoms with Crippen molar-refractivity contribution in [2.45, 2.75) is 26.2 Å². The fraction of sp³-hybridized carbons (Fsp3) is 0.500. The zero-order valence-electron chi connectivity index (χ0n) is 8.14. The monoisotopic (exact) mass is 173 g/mol. The SMILES string of the molecule is CCN1CCCc2cc3c(cc21)C3. The van der Waals surface area contributed by atoms with Crippen LogP contribution in [0.5, 0.6) is 0 Å². The molecule has 0 unspecified atom stereocenters. The molecule has 0 amide bonds. The lowest BCUT2D eigenvalue weighted by molar-refractivity contribution is 0.708. The fourth-order valence-electron chi connectivity index (χ4n) is 2.39. The van der Waals surface area contributed by atoms with Gasteiger partial charge in [0.05, 0.1) is 0 Å². The van der Waals surface area contributed by atoms with Gasteiger partial charge < -0.3 is 4.90 Å². The van der Waals surface area contributed by atoms with Crippen molar-refractivity contribution >= 4 is 5.69 Å². The Kier molecular flexibility index (Phi) is 1.43. The van der Waals surface area contributed by atoms with E-state index in [1.165, 1.54) is 31.5 Å². The van der Waals surface area contributed by atoms with Gasteiger partial charge in [-0.25, -0.2) is 0 Å². The Balaban J connectivity index is 2.08. The van der Waals surface area contributed by atoms with Crippen LogP contribution in [0, 0.1) is 0 Å². The van der Waals surface area contributed by atoms with Crippen LogP contribution in [0.15, 0.2) is 12.1 Å². The van der Waals surface area contributed by atoms with Crippen molar-refractivity contribution in [1.82, 2.24) is 0 Å². The lowest BCUT2D eigenvalue weighted by Crippen LogP contribution is -2.28. The number of hydrogen-bond acceptors (Lipinski definition) is 1. The van der Waals surface area contributed by atoms with Crippen LogP contribution in [-0.4, -0.2) is 13.1 Å². The molecule has 1 aliphatic carbocycles. The molecule has 2 aliphatic rings. The number of nitrogens with zero attached hydrogens (tertiary/aromatic N) is 1. The molecule has 0 saturated heterocycles. The van der Waals surface area contributed by atoms with Crippen molar-refractivity contribution in [3.63, 3.8) is 0 Å². The molecule has 1 aliphatic heterocycles. The third-order valence-electron chi connectivity index (χ3n) is 3.25. The largest absolute Gasteiger partial charge is 0.372 e. The first kappa shape index (κ1) is 7.43. The van der Waals surface area contributed by atoms with E-state index < -0.39 is 0 Å². The summed E-state index contributed by atoms with van der Waals surface area (Å²) < 4.78 is 0. The van der Waals surface area contributed by atoms with Crippen LogP contribution >= 0.6 is 0 Å². The molecule has 13 heavy (non-hydrogen) atoms. The Morgan fingerprint density at radius 2 is 2.08 bits per heavy atom. The summed E-state index contributed by atoms with van der Waals surface area (Å²) in [7, 11) is 0.